The zero-order valence-corrected chi connectivity index (χ0v) is 10.3. The second-order valence-electron chi connectivity index (χ2n) is 5.36. The Morgan fingerprint density at radius 1 is 1.31 bits per heavy atom. The largest absolute Gasteiger partial charge is 0.353 e. The van der Waals surface area contributed by atoms with Gasteiger partial charge in [-0.05, 0) is 37.8 Å². The molecule has 1 aliphatic heterocycles. The smallest absolute Gasteiger partial charge is 0.220 e. The van der Waals surface area contributed by atoms with E-state index >= 15 is 0 Å². The van der Waals surface area contributed by atoms with E-state index in [0.29, 0.717) is 12.0 Å². The Morgan fingerprint density at radius 2 is 2.06 bits per heavy atom. The maximum absolute atomic E-state index is 11.8. The molecule has 2 fully saturated rings. The molecule has 2 rings (SSSR count). The number of hydrogen-bond donors (Lipinski definition) is 2. The molecule has 0 radical (unpaired) electrons. The van der Waals surface area contributed by atoms with Crippen molar-refractivity contribution in [3.8, 4) is 0 Å². The van der Waals surface area contributed by atoms with Crippen molar-refractivity contribution in [2.45, 2.75) is 51.5 Å². The van der Waals surface area contributed by atoms with Crippen molar-refractivity contribution < 1.29 is 4.79 Å². The van der Waals surface area contributed by atoms with Gasteiger partial charge in [-0.15, -0.1) is 0 Å². The van der Waals surface area contributed by atoms with E-state index < -0.39 is 0 Å². The monoisotopic (exact) mass is 224 g/mol. The van der Waals surface area contributed by atoms with Gasteiger partial charge in [0.1, 0.15) is 0 Å². The predicted octanol–water partition coefficient (Wildman–Crippen LogP) is 1.68. The van der Waals surface area contributed by atoms with Crippen molar-refractivity contribution in [2.24, 2.45) is 11.8 Å². The fraction of sp³-hybridized carbons (Fsp3) is 0.923. The maximum Gasteiger partial charge on any atom is 0.220 e. The molecule has 3 heteroatoms. The first-order valence-corrected chi connectivity index (χ1v) is 6.79. The van der Waals surface area contributed by atoms with Crippen LogP contribution in [0.15, 0.2) is 0 Å². The minimum atomic E-state index is 0.275. The summed E-state index contributed by atoms with van der Waals surface area (Å²) in [6.07, 6.45) is 7.04. The molecule has 1 heterocycles. The molecule has 3 nitrogen and oxygen atoms in total. The van der Waals surface area contributed by atoms with Crippen LogP contribution >= 0.6 is 0 Å². The van der Waals surface area contributed by atoms with Gasteiger partial charge in [0.2, 0.25) is 5.91 Å². The van der Waals surface area contributed by atoms with Crippen LogP contribution in [0.25, 0.3) is 0 Å². The van der Waals surface area contributed by atoms with Gasteiger partial charge < -0.3 is 10.6 Å². The first-order valence-electron chi connectivity index (χ1n) is 6.79. The zero-order chi connectivity index (χ0) is 11.4. The van der Waals surface area contributed by atoms with Crippen molar-refractivity contribution in [3.63, 3.8) is 0 Å². The van der Waals surface area contributed by atoms with E-state index in [1.165, 1.54) is 32.1 Å². The van der Waals surface area contributed by atoms with Crippen LogP contribution in [-0.4, -0.2) is 25.0 Å². The number of nitrogens with one attached hydrogen (secondary N) is 2. The van der Waals surface area contributed by atoms with Gasteiger partial charge in [-0.3, -0.25) is 4.79 Å². The number of hydrogen-bond acceptors (Lipinski definition) is 2. The molecule has 0 aromatic heterocycles. The molecule has 0 spiro atoms. The van der Waals surface area contributed by atoms with Gasteiger partial charge in [0.15, 0.2) is 0 Å². The third-order valence-electron chi connectivity index (χ3n) is 4.12. The summed E-state index contributed by atoms with van der Waals surface area (Å²) >= 11 is 0. The molecule has 2 unspecified atom stereocenters. The Morgan fingerprint density at radius 3 is 2.69 bits per heavy atom. The van der Waals surface area contributed by atoms with Crippen LogP contribution in [0.4, 0.5) is 0 Å². The summed E-state index contributed by atoms with van der Waals surface area (Å²) in [7, 11) is 0. The van der Waals surface area contributed by atoms with Gasteiger partial charge >= 0.3 is 0 Å². The molecule has 2 atom stereocenters. The molecule has 1 saturated heterocycles. The van der Waals surface area contributed by atoms with E-state index in [-0.39, 0.29) is 5.91 Å². The fourth-order valence-corrected chi connectivity index (χ4v) is 2.91. The minimum Gasteiger partial charge on any atom is -0.353 e. The lowest BCUT2D eigenvalue weighted by atomic mass is 9.82. The highest BCUT2D eigenvalue weighted by molar-refractivity contribution is 5.76. The van der Waals surface area contributed by atoms with Crippen molar-refractivity contribution in [1.82, 2.24) is 10.6 Å². The van der Waals surface area contributed by atoms with Crippen molar-refractivity contribution in [2.75, 3.05) is 13.1 Å². The highest BCUT2D eigenvalue weighted by atomic mass is 16.1. The normalized spacial score (nSPS) is 30.8. The fourth-order valence-electron chi connectivity index (χ4n) is 2.91. The molecule has 0 aromatic rings. The van der Waals surface area contributed by atoms with Crippen molar-refractivity contribution >= 4 is 5.91 Å². The first kappa shape index (κ1) is 11.9. The Bertz CT molecular complexity index is 238. The number of rotatable bonds is 4. The third kappa shape index (κ3) is 2.97. The van der Waals surface area contributed by atoms with E-state index in [1.54, 1.807) is 0 Å². The van der Waals surface area contributed by atoms with Crippen LogP contribution in [0.1, 0.15) is 45.4 Å². The van der Waals surface area contributed by atoms with Gasteiger partial charge in [0, 0.05) is 12.5 Å². The lowest BCUT2D eigenvalue weighted by molar-refractivity contribution is -0.123. The Balaban J connectivity index is 1.75. The minimum absolute atomic E-state index is 0.275. The summed E-state index contributed by atoms with van der Waals surface area (Å²) in [5.74, 6) is 1.58. The number of carbonyl (C=O) groups excluding carboxylic acids is 1. The van der Waals surface area contributed by atoms with Gasteiger partial charge in [-0.1, -0.05) is 26.2 Å². The molecule has 92 valence electrons. The van der Waals surface area contributed by atoms with E-state index in [1.807, 2.05) is 0 Å². The standard InChI is InChI=1S/C13H24N2O/c1-2-11-5-3-4-6-12(11)15-13(16)7-10-8-14-9-10/h10-12,14H,2-9H2,1H3,(H,15,16). The van der Waals surface area contributed by atoms with Crippen LogP contribution in [0, 0.1) is 11.8 Å². The summed E-state index contributed by atoms with van der Waals surface area (Å²) in [4.78, 5) is 11.8. The molecular weight excluding hydrogens is 200 g/mol. The lowest BCUT2D eigenvalue weighted by Crippen LogP contribution is -2.47. The average Bonchev–Trinajstić information content (AvgIpc) is 2.24. The van der Waals surface area contributed by atoms with Gasteiger partial charge in [0.05, 0.1) is 0 Å². The highest BCUT2D eigenvalue weighted by Crippen LogP contribution is 2.27. The molecule has 1 saturated carbocycles. The topological polar surface area (TPSA) is 41.1 Å². The lowest BCUT2D eigenvalue weighted by Gasteiger charge is -2.33. The number of carbonyl (C=O) groups is 1. The predicted molar refractivity (Wildman–Crippen MR) is 65.2 cm³/mol. The molecule has 0 aromatic carbocycles. The summed E-state index contributed by atoms with van der Waals surface area (Å²) in [5.41, 5.74) is 0. The quantitative estimate of drug-likeness (QED) is 0.763. The van der Waals surface area contributed by atoms with Gasteiger partial charge in [-0.2, -0.15) is 0 Å². The van der Waals surface area contributed by atoms with E-state index in [0.717, 1.165) is 25.4 Å². The van der Waals surface area contributed by atoms with Gasteiger partial charge in [-0.25, -0.2) is 0 Å². The van der Waals surface area contributed by atoms with E-state index in [9.17, 15) is 4.79 Å². The van der Waals surface area contributed by atoms with Crippen molar-refractivity contribution in [3.05, 3.63) is 0 Å². The second-order valence-corrected chi connectivity index (χ2v) is 5.36. The molecule has 1 amide bonds. The summed E-state index contributed by atoms with van der Waals surface area (Å²) in [5, 5.41) is 6.46. The molecular formula is C13H24N2O. The van der Waals surface area contributed by atoms with E-state index in [4.69, 9.17) is 0 Å². The molecule has 0 bridgehead atoms. The highest BCUT2D eigenvalue weighted by Gasteiger charge is 2.26. The van der Waals surface area contributed by atoms with E-state index in [2.05, 4.69) is 17.6 Å². The Kier molecular flexibility index (Phi) is 4.22. The number of amides is 1. The molecule has 16 heavy (non-hydrogen) atoms. The maximum atomic E-state index is 11.8. The molecule has 2 N–H and O–H groups in total. The summed E-state index contributed by atoms with van der Waals surface area (Å²) in [6, 6.07) is 0.458. The van der Waals surface area contributed by atoms with Crippen LogP contribution < -0.4 is 10.6 Å². The summed E-state index contributed by atoms with van der Waals surface area (Å²) in [6.45, 7) is 4.29. The van der Waals surface area contributed by atoms with Crippen LogP contribution in [0.5, 0.6) is 0 Å². The zero-order valence-electron chi connectivity index (χ0n) is 10.3. The SMILES string of the molecule is CCC1CCCCC1NC(=O)CC1CNC1. The molecule has 2 aliphatic rings. The second kappa shape index (κ2) is 5.67. The summed E-state index contributed by atoms with van der Waals surface area (Å²) < 4.78 is 0. The van der Waals surface area contributed by atoms with Crippen LogP contribution in [-0.2, 0) is 4.79 Å². The van der Waals surface area contributed by atoms with Crippen LogP contribution in [0.3, 0.4) is 0 Å². The molecule has 1 aliphatic carbocycles. The van der Waals surface area contributed by atoms with Gasteiger partial charge in [0.25, 0.3) is 0 Å². The average molecular weight is 224 g/mol. The Labute approximate surface area is 98.4 Å². The Hall–Kier alpha value is -0.570. The van der Waals surface area contributed by atoms with Crippen LogP contribution in [0.2, 0.25) is 0 Å². The first-order chi connectivity index (χ1) is 7.79. The van der Waals surface area contributed by atoms with Crippen molar-refractivity contribution in [1.29, 1.82) is 0 Å². The third-order valence-corrected chi connectivity index (χ3v) is 4.12.